The lowest BCUT2D eigenvalue weighted by Crippen LogP contribution is -2.61. The topological polar surface area (TPSA) is 240 Å². The summed E-state index contributed by atoms with van der Waals surface area (Å²) in [5.74, 6) is -4.03. The van der Waals surface area contributed by atoms with Crippen LogP contribution in [0.4, 0.5) is 0 Å². The Balaban J connectivity index is 2.25. The summed E-state index contributed by atoms with van der Waals surface area (Å²) in [7, 11) is 0. The van der Waals surface area contributed by atoms with Gasteiger partial charge in [-0.05, 0) is 31.5 Å². The van der Waals surface area contributed by atoms with E-state index in [0.29, 0.717) is 11.3 Å². The van der Waals surface area contributed by atoms with Gasteiger partial charge in [0.25, 0.3) is 0 Å². The van der Waals surface area contributed by atoms with Gasteiger partial charge in [0, 0.05) is 24.7 Å². The number of aliphatic hydroxyl groups excluding tert-OH is 2. The second kappa shape index (κ2) is 13.3. The first-order chi connectivity index (χ1) is 17.4. The van der Waals surface area contributed by atoms with Gasteiger partial charge in [-0.1, -0.05) is 12.1 Å². The predicted molar refractivity (Wildman–Crippen MR) is 129 cm³/mol. The van der Waals surface area contributed by atoms with E-state index in [1.165, 1.54) is 50.6 Å². The zero-order valence-electron chi connectivity index (χ0n) is 20.3. The summed E-state index contributed by atoms with van der Waals surface area (Å²) < 4.78 is 0. The zero-order chi connectivity index (χ0) is 27.7. The van der Waals surface area contributed by atoms with E-state index in [4.69, 9.17) is 5.73 Å². The molecular weight excluding hydrogens is 488 g/mol. The number of benzene rings is 1. The Labute approximate surface area is 212 Å². The molecule has 0 radical (unpaired) electrons. The third-order valence-electron chi connectivity index (χ3n) is 5.49. The van der Waals surface area contributed by atoms with E-state index in [9.17, 15) is 39.6 Å². The van der Waals surface area contributed by atoms with E-state index >= 15 is 0 Å². The monoisotopic (exact) mass is 520 g/mol. The van der Waals surface area contributed by atoms with Crippen molar-refractivity contribution in [2.45, 2.75) is 63.1 Å². The Kier molecular flexibility index (Phi) is 10.5. The van der Waals surface area contributed by atoms with E-state index in [1.807, 2.05) is 0 Å². The number of carbonyl (C=O) groups excluding carboxylic acids is 3. The summed E-state index contributed by atoms with van der Waals surface area (Å²) in [5, 5.41) is 45.8. The molecule has 1 aromatic carbocycles. The first-order valence-electron chi connectivity index (χ1n) is 11.4. The Morgan fingerprint density at radius 1 is 0.919 bits per heavy atom. The Bertz CT molecular complexity index is 1060. The molecule has 0 aliphatic rings. The van der Waals surface area contributed by atoms with Crippen LogP contribution >= 0.6 is 0 Å². The molecule has 14 nitrogen and oxygen atoms in total. The second-order valence-corrected chi connectivity index (χ2v) is 8.61. The lowest BCUT2D eigenvalue weighted by Gasteiger charge is -2.27. The Morgan fingerprint density at radius 2 is 1.54 bits per heavy atom. The number of carbonyl (C=O) groups is 4. The van der Waals surface area contributed by atoms with Gasteiger partial charge in [0.1, 0.15) is 29.9 Å². The molecule has 14 heteroatoms. The molecule has 10 N–H and O–H groups in total. The summed E-state index contributed by atoms with van der Waals surface area (Å²) in [4.78, 5) is 56.7. The second-order valence-electron chi connectivity index (χ2n) is 8.61. The van der Waals surface area contributed by atoms with Gasteiger partial charge >= 0.3 is 5.97 Å². The van der Waals surface area contributed by atoms with Crippen LogP contribution in [0.25, 0.3) is 0 Å². The molecule has 1 aromatic heterocycles. The van der Waals surface area contributed by atoms with Crippen LogP contribution in [0, 0.1) is 0 Å². The summed E-state index contributed by atoms with van der Waals surface area (Å²) in [6.45, 7) is 2.51. The number of aliphatic hydroxyl groups is 2. The molecule has 0 aliphatic carbocycles. The first-order valence-corrected chi connectivity index (χ1v) is 11.4. The molecule has 0 saturated carbocycles. The number of hydrogen-bond donors (Lipinski definition) is 9. The average Bonchev–Trinajstić information content (AvgIpc) is 3.35. The van der Waals surface area contributed by atoms with Gasteiger partial charge in [-0.25, -0.2) is 9.78 Å². The summed E-state index contributed by atoms with van der Waals surface area (Å²) in [5.41, 5.74) is 6.57. The van der Waals surface area contributed by atoms with Crippen molar-refractivity contribution in [1.82, 2.24) is 25.9 Å². The SMILES string of the molecule is CC(O)C(N)C(=O)NC(C(=O)NC(Cc1ccc(O)cc1)C(=O)NC(Cc1cnc[nH]1)C(=O)O)C(C)O. The molecule has 0 aliphatic heterocycles. The number of nitrogens with one attached hydrogen (secondary N) is 4. The van der Waals surface area contributed by atoms with E-state index in [1.54, 1.807) is 0 Å². The number of rotatable bonds is 13. The van der Waals surface area contributed by atoms with Crippen molar-refractivity contribution in [3.8, 4) is 5.75 Å². The van der Waals surface area contributed by atoms with Crippen molar-refractivity contribution in [1.29, 1.82) is 0 Å². The van der Waals surface area contributed by atoms with Crippen molar-refractivity contribution >= 4 is 23.7 Å². The maximum Gasteiger partial charge on any atom is 0.326 e. The third-order valence-corrected chi connectivity index (χ3v) is 5.49. The number of aromatic amines is 1. The molecule has 2 aromatic rings. The molecule has 37 heavy (non-hydrogen) atoms. The van der Waals surface area contributed by atoms with Gasteiger partial charge in [-0.15, -0.1) is 0 Å². The molecule has 2 rings (SSSR count). The van der Waals surface area contributed by atoms with Gasteiger partial charge in [-0.3, -0.25) is 14.4 Å². The van der Waals surface area contributed by atoms with Crippen LogP contribution < -0.4 is 21.7 Å². The van der Waals surface area contributed by atoms with Crippen LogP contribution in [0.5, 0.6) is 5.75 Å². The summed E-state index contributed by atoms with van der Waals surface area (Å²) >= 11 is 0. The van der Waals surface area contributed by atoms with Gasteiger partial charge in [0.05, 0.1) is 18.5 Å². The fourth-order valence-electron chi connectivity index (χ4n) is 3.30. The Hall–Kier alpha value is -4.01. The number of carboxylic acid groups (broad SMARTS) is 1. The predicted octanol–water partition coefficient (Wildman–Crippen LogP) is -2.47. The van der Waals surface area contributed by atoms with Crippen molar-refractivity contribution < 1.29 is 39.6 Å². The van der Waals surface area contributed by atoms with Gasteiger partial charge in [0.15, 0.2) is 0 Å². The van der Waals surface area contributed by atoms with Gasteiger partial charge in [0.2, 0.25) is 17.7 Å². The first kappa shape index (κ1) is 29.2. The van der Waals surface area contributed by atoms with Crippen molar-refractivity contribution in [3.05, 3.63) is 48.0 Å². The minimum absolute atomic E-state index is 0.0226. The number of aliphatic carboxylic acids is 1. The van der Waals surface area contributed by atoms with Crippen LogP contribution in [-0.2, 0) is 32.0 Å². The highest BCUT2D eigenvalue weighted by molar-refractivity contribution is 5.94. The highest BCUT2D eigenvalue weighted by Gasteiger charge is 2.33. The highest BCUT2D eigenvalue weighted by Crippen LogP contribution is 2.12. The molecule has 1 heterocycles. The molecule has 0 fully saturated rings. The maximum absolute atomic E-state index is 13.1. The number of phenolic OH excluding ortho intramolecular Hbond substituents is 1. The number of H-pyrrole nitrogens is 1. The minimum Gasteiger partial charge on any atom is -0.508 e. The molecule has 3 amide bonds. The minimum atomic E-state index is -1.53. The molecular formula is C23H32N6O8. The number of carboxylic acids is 1. The number of hydrogen-bond acceptors (Lipinski definition) is 9. The fourth-order valence-corrected chi connectivity index (χ4v) is 3.30. The third kappa shape index (κ3) is 8.86. The molecule has 0 spiro atoms. The number of aromatic nitrogens is 2. The van der Waals surface area contributed by atoms with Crippen LogP contribution in [0.2, 0.25) is 0 Å². The van der Waals surface area contributed by atoms with Crippen LogP contribution in [-0.4, -0.2) is 90.5 Å². The maximum atomic E-state index is 13.1. The number of nitrogens with two attached hydrogens (primary N) is 1. The average molecular weight is 521 g/mol. The molecule has 6 atom stereocenters. The number of imidazole rings is 1. The van der Waals surface area contributed by atoms with Crippen LogP contribution in [0.15, 0.2) is 36.8 Å². The molecule has 0 saturated heterocycles. The standard InChI is InChI=1S/C23H32N6O8/c1-11(30)18(24)21(34)29-19(12(2)31)22(35)27-16(7-13-3-5-15(32)6-4-13)20(33)28-17(23(36)37)8-14-9-25-10-26-14/h3-6,9-12,16-19,30-32H,7-8,24H2,1-2H3,(H,25,26)(H,27,35)(H,28,33)(H,29,34)(H,36,37). The zero-order valence-corrected chi connectivity index (χ0v) is 20.3. The van der Waals surface area contributed by atoms with Gasteiger partial charge < -0.3 is 47.1 Å². The highest BCUT2D eigenvalue weighted by atomic mass is 16.4. The van der Waals surface area contributed by atoms with Crippen LogP contribution in [0.1, 0.15) is 25.1 Å². The van der Waals surface area contributed by atoms with E-state index in [-0.39, 0.29) is 18.6 Å². The quantitative estimate of drug-likeness (QED) is 0.135. The number of nitrogens with zero attached hydrogens (tertiary/aromatic N) is 1. The van der Waals surface area contributed by atoms with Gasteiger partial charge in [-0.2, -0.15) is 0 Å². The molecule has 0 bridgehead atoms. The molecule has 6 unspecified atom stereocenters. The lowest BCUT2D eigenvalue weighted by molar-refractivity contribution is -0.142. The molecule has 202 valence electrons. The Morgan fingerprint density at radius 3 is 2.05 bits per heavy atom. The van der Waals surface area contributed by atoms with Crippen molar-refractivity contribution in [2.75, 3.05) is 0 Å². The van der Waals surface area contributed by atoms with Crippen molar-refractivity contribution in [2.24, 2.45) is 5.73 Å². The van der Waals surface area contributed by atoms with E-state index in [2.05, 4.69) is 25.9 Å². The lowest BCUT2D eigenvalue weighted by atomic mass is 10.0. The normalized spacial score (nSPS) is 15.9. The van der Waals surface area contributed by atoms with E-state index in [0.717, 1.165) is 0 Å². The van der Waals surface area contributed by atoms with Crippen LogP contribution in [0.3, 0.4) is 0 Å². The van der Waals surface area contributed by atoms with E-state index < -0.39 is 60.1 Å². The van der Waals surface area contributed by atoms with Crippen molar-refractivity contribution in [3.63, 3.8) is 0 Å². The number of phenols is 1. The smallest absolute Gasteiger partial charge is 0.326 e. The summed E-state index contributed by atoms with van der Waals surface area (Å²) in [6.07, 6.45) is -0.0844. The fraction of sp³-hybridized carbons (Fsp3) is 0.435. The number of amides is 3. The number of aromatic hydroxyl groups is 1. The largest absolute Gasteiger partial charge is 0.508 e. The summed E-state index contributed by atoms with van der Waals surface area (Å²) in [6, 6.07) is 0.179.